The van der Waals surface area contributed by atoms with Crippen LogP contribution in [0.4, 0.5) is 0 Å². The van der Waals surface area contributed by atoms with Crippen molar-refractivity contribution in [3.63, 3.8) is 0 Å². The molecule has 0 aliphatic carbocycles. The van der Waals surface area contributed by atoms with Gasteiger partial charge >= 0.3 is 0 Å². The van der Waals surface area contributed by atoms with Crippen LogP contribution in [0.3, 0.4) is 0 Å². The minimum Gasteiger partial charge on any atom is -0.396 e. The molecular weight excluding hydrogens is 382 g/mol. The van der Waals surface area contributed by atoms with Crippen LogP contribution < -0.4 is 0 Å². The van der Waals surface area contributed by atoms with Gasteiger partial charge in [0.1, 0.15) is 0 Å². The van der Waals surface area contributed by atoms with E-state index in [1.54, 1.807) is 12.1 Å². The van der Waals surface area contributed by atoms with Gasteiger partial charge in [-0.3, -0.25) is 0 Å². The Balaban J connectivity index is 2.17. The summed E-state index contributed by atoms with van der Waals surface area (Å²) in [7, 11) is -3.62. The number of aliphatic hydroxyl groups is 1. The number of halogens is 1. The smallest absolute Gasteiger partial charge is 0.243 e. The maximum Gasteiger partial charge on any atom is 0.243 e. The van der Waals surface area contributed by atoms with Gasteiger partial charge in [-0.15, -0.1) is 0 Å². The van der Waals surface area contributed by atoms with Gasteiger partial charge in [-0.25, -0.2) is 8.42 Å². The summed E-state index contributed by atoms with van der Waals surface area (Å²) in [5.74, 6) is 0.246. The van der Waals surface area contributed by atoms with Crippen LogP contribution >= 0.6 is 11.6 Å². The molecule has 0 heterocycles. The molecule has 6 heteroatoms. The molecule has 0 saturated carbocycles. The number of hydrogen-bond donors (Lipinski definition) is 1. The first-order valence-corrected chi connectivity index (χ1v) is 10.8. The number of aliphatic hydroxyl groups excluding tert-OH is 1. The molecule has 0 spiro atoms. The van der Waals surface area contributed by atoms with Crippen LogP contribution in [0.15, 0.2) is 65.6 Å². The minimum atomic E-state index is -3.62. The Hall–Kier alpha value is -1.66. The van der Waals surface area contributed by atoms with Crippen molar-refractivity contribution < 1.29 is 13.5 Å². The molecule has 0 fully saturated rings. The summed E-state index contributed by atoms with van der Waals surface area (Å²) in [6, 6.07) is 16.0. The molecule has 1 N–H and O–H groups in total. The predicted octanol–water partition coefficient (Wildman–Crippen LogP) is 4.45. The Kier molecular flexibility index (Phi) is 8.51. The molecule has 0 saturated heterocycles. The van der Waals surface area contributed by atoms with E-state index >= 15 is 0 Å². The van der Waals surface area contributed by atoms with Crippen molar-refractivity contribution in [2.45, 2.75) is 24.7 Å². The standard InChI is InChI=1S/C21H26ClNO3S/c1-18(14-17-24)13-16-23(15-5-8-19-6-3-2-4-7-19)27(25,26)21-11-9-20(22)10-12-21/h2-12,18,24H,13-17H2,1H3. The van der Waals surface area contributed by atoms with Gasteiger partial charge in [0.15, 0.2) is 0 Å². The van der Waals surface area contributed by atoms with Crippen LogP contribution in [0.25, 0.3) is 6.08 Å². The summed E-state index contributed by atoms with van der Waals surface area (Å²) >= 11 is 5.89. The number of rotatable bonds is 10. The molecule has 2 rings (SSSR count). The second-order valence-corrected chi connectivity index (χ2v) is 8.91. The summed E-state index contributed by atoms with van der Waals surface area (Å²) in [4.78, 5) is 0.231. The second-order valence-electron chi connectivity index (χ2n) is 6.54. The Morgan fingerprint density at radius 2 is 1.74 bits per heavy atom. The van der Waals surface area contributed by atoms with Crippen molar-refractivity contribution in [1.82, 2.24) is 4.31 Å². The van der Waals surface area contributed by atoms with Gasteiger partial charge in [0, 0.05) is 24.7 Å². The third-order valence-corrected chi connectivity index (χ3v) is 6.49. The lowest BCUT2D eigenvalue weighted by Crippen LogP contribution is -2.33. The summed E-state index contributed by atoms with van der Waals surface area (Å²) in [6.45, 7) is 2.80. The zero-order valence-electron chi connectivity index (χ0n) is 15.5. The van der Waals surface area contributed by atoms with Gasteiger partial charge in [0.2, 0.25) is 10.0 Å². The maximum atomic E-state index is 13.1. The molecule has 0 aromatic heterocycles. The van der Waals surface area contributed by atoms with E-state index in [0.717, 1.165) is 5.56 Å². The molecule has 2 aromatic carbocycles. The van der Waals surface area contributed by atoms with E-state index in [1.807, 2.05) is 49.4 Å². The molecule has 0 bridgehead atoms. The SMILES string of the molecule is CC(CCO)CCN(CC=Cc1ccccc1)S(=O)(=O)c1ccc(Cl)cc1. The predicted molar refractivity (Wildman–Crippen MR) is 111 cm³/mol. The van der Waals surface area contributed by atoms with E-state index in [1.165, 1.54) is 16.4 Å². The lowest BCUT2D eigenvalue weighted by Gasteiger charge is -2.22. The van der Waals surface area contributed by atoms with Crippen molar-refractivity contribution in [3.8, 4) is 0 Å². The first kappa shape index (κ1) is 21.6. The average molecular weight is 408 g/mol. The van der Waals surface area contributed by atoms with E-state index in [-0.39, 0.29) is 24.0 Å². The van der Waals surface area contributed by atoms with Crippen LogP contribution in [-0.4, -0.2) is 37.5 Å². The summed E-state index contributed by atoms with van der Waals surface area (Å²) in [5.41, 5.74) is 1.02. The first-order valence-electron chi connectivity index (χ1n) is 9.01. The number of sulfonamides is 1. The largest absolute Gasteiger partial charge is 0.396 e. The summed E-state index contributed by atoms with van der Waals surface area (Å²) in [5, 5.41) is 9.58. The molecule has 4 nitrogen and oxygen atoms in total. The topological polar surface area (TPSA) is 57.6 Å². The summed E-state index contributed by atoms with van der Waals surface area (Å²) in [6.07, 6.45) is 5.13. The Morgan fingerprint density at radius 1 is 1.07 bits per heavy atom. The van der Waals surface area contributed by atoms with Crippen LogP contribution in [0.2, 0.25) is 5.02 Å². The van der Waals surface area contributed by atoms with Gasteiger partial charge < -0.3 is 5.11 Å². The second kappa shape index (κ2) is 10.6. The van der Waals surface area contributed by atoms with Crippen molar-refractivity contribution in [2.24, 2.45) is 5.92 Å². The average Bonchev–Trinajstić information content (AvgIpc) is 2.65. The Morgan fingerprint density at radius 3 is 2.37 bits per heavy atom. The highest BCUT2D eigenvalue weighted by Crippen LogP contribution is 2.20. The Bertz CT molecular complexity index is 820. The number of hydrogen-bond acceptors (Lipinski definition) is 3. The van der Waals surface area contributed by atoms with Crippen molar-refractivity contribution in [1.29, 1.82) is 0 Å². The minimum absolute atomic E-state index is 0.110. The van der Waals surface area contributed by atoms with Crippen molar-refractivity contribution in [2.75, 3.05) is 19.7 Å². The molecule has 1 unspecified atom stereocenters. The third kappa shape index (κ3) is 6.78. The van der Waals surface area contributed by atoms with Crippen LogP contribution in [0.1, 0.15) is 25.3 Å². The monoisotopic (exact) mass is 407 g/mol. The first-order chi connectivity index (χ1) is 12.9. The van der Waals surface area contributed by atoms with Crippen LogP contribution in [-0.2, 0) is 10.0 Å². The molecule has 146 valence electrons. The molecule has 0 radical (unpaired) electrons. The Labute approximate surface area is 167 Å². The van der Waals surface area contributed by atoms with Gasteiger partial charge in [-0.1, -0.05) is 61.0 Å². The van der Waals surface area contributed by atoms with Gasteiger partial charge in [-0.05, 0) is 48.6 Å². The third-order valence-electron chi connectivity index (χ3n) is 4.36. The normalized spacial score (nSPS) is 13.3. The number of nitrogens with zero attached hydrogens (tertiary/aromatic N) is 1. The molecule has 0 amide bonds. The van der Waals surface area contributed by atoms with Crippen molar-refractivity contribution >= 4 is 27.7 Å². The van der Waals surface area contributed by atoms with Crippen LogP contribution in [0.5, 0.6) is 0 Å². The summed E-state index contributed by atoms with van der Waals surface area (Å²) < 4.78 is 27.6. The van der Waals surface area contributed by atoms with Gasteiger partial charge in [0.05, 0.1) is 4.90 Å². The zero-order valence-corrected chi connectivity index (χ0v) is 17.0. The van der Waals surface area contributed by atoms with E-state index in [9.17, 15) is 8.42 Å². The molecule has 0 aliphatic heterocycles. The highest BCUT2D eigenvalue weighted by atomic mass is 35.5. The fourth-order valence-electron chi connectivity index (χ4n) is 2.66. The van der Waals surface area contributed by atoms with Gasteiger partial charge in [-0.2, -0.15) is 4.31 Å². The molecule has 27 heavy (non-hydrogen) atoms. The van der Waals surface area contributed by atoms with Crippen molar-refractivity contribution in [3.05, 3.63) is 71.3 Å². The fourth-order valence-corrected chi connectivity index (χ4v) is 4.20. The molecular formula is C21H26ClNO3S. The van der Waals surface area contributed by atoms with E-state index in [0.29, 0.717) is 24.4 Å². The highest BCUT2D eigenvalue weighted by molar-refractivity contribution is 7.89. The number of benzene rings is 2. The molecule has 0 aliphatic rings. The zero-order chi connectivity index (χ0) is 19.7. The van der Waals surface area contributed by atoms with Gasteiger partial charge in [0.25, 0.3) is 0 Å². The van der Waals surface area contributed by atoms with E-state index in [4.69, 9.17) is 16.7 Å². The lowest BCUT2D eigenvalue weighted by molar-refractivity contribution is 0.253. The maximum absolute atomic E-state index is 13.1. The quantitative estimate of drug-likeness (QED) is 0.632. The fraction of sp³-hybridized carbons (Fsp3) is 0.333. The molecule has 1 atom stereocenters. The highest BCUT2D eigenvalue weighted by Gasteiger charge is 2.23. The van der Waals surface area contributed by atoms with Crippen LogP contribution in [0, 0.1) is 5.92 Å². The van der Waals surface area contributed by atoms with E-state index in [2.05, 4.69) is 0 Å². The van der Waals surface area contributed by atoms with E-state index < -0.39 is 10.0 Å². The lowest BCUT2D eigenvalue weighted by atomic mass is 10.1. The molecule has 2 aromatic rings.